The van der Waals surface area contributed by atoms with Crippen LogP contribution in [0.2, 0.25) is 0 Å². The quantitative estimate of drug-likeness (QED) is 0.632. The molecule has 2 heteroatoms. The van der Waals surface area contributed by atoms with Crippen molar-refractivity contribution in [2.75, 3.05) is 0 Å². The third-order valence-electron chi connectivity index (χ3n) is 2.35. The first-order valence-corrected chi connectivity index (χ1v) is 6.18. The molecule has 0 aromatic carbocycles. The second kappa shape index (κ2) is 3.50. The van der Waals surface area contributed by atoms with Crippen LogP contribution in [0.25, 0.3) is 0 Å². The molecular weight excluding hydrogens is 141 g/mol. The second-order valence-corrected chi connectivity index (χ2v) is 8.23. The van der Waals surface area contributed by atoms with Crippen LogP contribution in [0.15, 0.2) is 12.4 Å². The van der Waals surface area contributed by atoms with Gasteiger partial charge in [-0.25, -0.2) is 0 Å². The van der Waals surface area contributed by atoms with Crippen LogP contribution in [-0.2, 0) is 0 Å². The predicted octanol–water partition coefficient (Wildman–Crippen LogP) is 2.57. The van der Waals surface area contributed by atoms with Crippen molar-refractivity contribution < 1.29 is 0 Å². The van der Waals surface area contributed by atoms with Gasteiger partial charge in [0.25, 0.3) is 0 Å². The maximum atomic E-state index is 6.20. The third kappa shape index (κ3) is 1.81. The Morgan fingerprint density at radius 1 is 1.20 bits per heavy atom. The molecule has 0 aliphatic rings. The van der Waals surface area contributed by atoms with E-state index in [2.05, 4.69) is 34.3 Å². The van der Waals surface area contributed by atoms with E-state index in [1.54, 1.807) is 0 Å². The van der Waals surface area contributed by atoms with Crippen LogP contribution in [0.4, 0.5) is 0 Å². The van der Waals surface area contributed by atoms with Crippen LogP contribution >= 0.6 is 7.41 Å². The molecule has 0 aliphatic heterocycles. The SMILES string of the molecule is C=C[PH](N)(C(C)C)C(C)C. The summed E-state index contributed by atoms with van der Waals surface area (Å²) in [7, 11) is -1.61. The summed E-state index contributed by atoms with van der Waals surface area (Å²) in [4.78, 5) is 0. The van der Waals surface area contributed by atoms with E-state index in [0.29, 0.717) is 11.3 Å². The maximum absolute atomic E-state index is 6.20. The van der Waals surface area contributed by atoms with Gasteiger partial charge in [-0.3, -0.25) is 0 Å². The van der Waals surface area contributed by atoms with Crippen LogP contribution in [0.5, 0.6) is 0 Å². The molecule has 0 aliphatic carbocycles. The summed E-state index contributed by atoms with van der Waals surface area (Å²) in [5.41, 5.74) is 7.41. The molecule has 0 aromatic rings. The fourth-order valence-electron chi connectivity index (χ4n) is 1.14. The minimum atomic E-state index is -1.61. The Morgan fingerprint density at radius 3 is 1.50 bits per heavy atom. The van der Waals surface area contributed by atoms with Crippen molar-refractivity contribution in [1.29, 1.82) is 0 Å². The van der Waals surface area contributed by atoms with Gasteiger partial charge in [0.1, 0.15) is 0 Å². The molecule has 0 saturated heterocycles. The van der Waals surface area contributed by atoms with E-state index in [9.17, 15) is 0 Å². The Hall–Kier alpha value is 0.130. The average Bonchev–Trinajstić information content (AvgIpc) is 1.85. The molecule has 0 radical (unpaired) electrons. The third-order valence-corrected chi connectivity index (χ3v) is 7.06. The Balaban J connectivity index is 4.38. The van der Waals surface area contributed by atoms with Crippen molar-refractivity contribution in [2.45, 2.75) is 39.0 Å². The molecule has 0 bridgehead atoms. The predicted molar refractivity (Wildman–Crippen MR) is 53.0 cm³/mol. The molecule has 0 spiro atoms. The first-order valence-electron chi connectivity index (χ1n) is 3.87. The molecular formula is C8H20NP. The van der Waals surface area contributed by atoms with E-state index >= 15 is 0 Å². The number of rotatable bonds is 3. The van der Waals surface area contributed by atoms with Crippen molar-refractivity contribution in [3.8, 4) is 0 Å². The first kappa shape index (κ1) is 10.1. The molecule has 2 N–H and O–H groups in total. The van der Waals surface area contributed by atoms with Gasteiger partial charge in [-0.2, -0.15) is 0 Å². The van der Waals surface area contributed by atoms with Crippen molar-refractivity contribution in [2.24, 2.45) is 5.50 Å². The van der Waals surface area contributed by atoms with E-state index in [1.807, 2.05) is 5.82 Å². The van der Waals surface area contributed by atoms with Crippen molar-refractivity contribution in [3.05, 3.63) is 12.4 Å². The van der Waals surface area contributed by atoms with E-state index in [1.165, 1.54) is 0 Å². The van der Waals surface area contributed by atoms with E-state index in [-0.39, 0.29) is 0 Å². The fourth-order valence-corrected chi connectivity index (χ4v) is 3.41. The Morgan fingerprint density at radius 2 is 1.50 bits per heavy atom. The van der Waals surface area contributed by atoms with Crippen LogP contribution in [0, 0.1) is 0 Å². The minimum absolute atomic E-state index is 0.602. The zero-order valence-corrected chi connectivity index (χ0v) is 8.52. The summed E-state index contributed by atoms with van der Waals surface area (Å²) in [6, 6.07) is 0. The summed E-state index contributed by atoms with van der Waals surface area (Å²) in [6.45, 7) is 12.6. The summed E-state index contributed by atoms with van der Waals surface area (Å²) >= 11 is 0. The van der Waals surface area contributed by atoms with Gasteiger partial charge in [0.15, 0.2) is 0 Å². The Kier molecular flexibility index (Phi) is 3.55. The second-order valence-electron chi connectivity index (χ2n) is 3.51. The molecule has 0 amide bonds. The van der Waals surface area contributed by atoms with Gasteiger partial charge in [0.05, 0.1) is 0 Å². The van der Waals surface area contributed by atoms with Crippen LogP contribution in [-0.4, -0.2) is 11.3 Å². The molecule has 0 aromatic heterocycles. The molecule has 0 heterocycles. The van der Waals surface area contributed by atoms with Crippen molar-refractivity contribution in [3.63, 3.8) is 0 Å². The molecule has 62 valence electrons. The summed E-state index contributed by atoms with van der Waals surface area (Å²) < 4.78 is 0. The van der Waals surface area contributed by atoms with E-state index in [4.69, 9.17) is 5.50 Å². The van der Waals surface area contributed by atoms with Crippen molar-refractivity contribution >= 4 is 7.41 Å². The Bertz CT molecular complexity index is 110. The number of hydrogen-bond acceptors (Lipinski definition) is 1. The number of nitrogens with two attached hydrogens (primary N) is 1. The fraction of sp³-hybridized carbons (Fsp3) is 0.750. The summed E-state index contributed by atoms with van der Waals surface area (Å²) in [5, 5.41) is 0. The molecule has 0 unspecified atom stereocenters. The standard InChI is InChI=1S/C8H20NP/c1-6-10(9,7(2)3)8(4)5/h6-8,10H,1,9H2,2-5H3. The topological polar surface area (TPSA) is 26.0 Å². The van der Waals surface area contributed by atoms with Crippen LogP contribution in [0.1, 0.15) is 27.7 Å². The molecule has 0 rings (SSSR count). The average molecular weight is 161 g/mol. The van der Waals surface area contributed by atoms with E-state index < -0.39 is 7.41 Å². The van der Waals surface area contributed by atoms with Gasteiger partial charge in [0.2, 0.25) is 0 Å². The molecule has 0 saturated carbocycles. The first-order chi connectivity index (χ1) is 4.45. The monoisotopic (exact) mass is 161 g/mol. The van der Waals surface area contributed by atoms with Crippen molar-refractivity contribution in [1.82, 2.24) is 0 Å². The zero-order valence-electron chi connectivity index (χ0n) is 7.52. The molecule has 1 nitrogen and oxygen atoms in total. The molecule has 10 heavy (non-hydrogen) atoms. The summed E-state index contributed by atoms with van der Waals surface area (Å²) in [6.07, 6.45) is 0. The zero-order chi connectivity index (χ0) is 8.36. The van der Waals surface area contributed by atoms with Gasteiger partial charge < -0.3 is 0 Å². The van der Waals surface area contributed by atoms with Gasteiger partial charge >= 0.3 is 64.3 Å². The normalized spacial score (nSPS) is 14.3. The summed E-state index contributed by atoms with van der Waals surface area (Å²) in [5.74, 6) is 2.00. The van der Waals surface area contributed by atoms with Gasteiger partial charge in [0, 0.05) is 0 Å². The van der Waals surface area contributed by atoms with Gasteiger partial charge in [-0.1, -0.05) is 0 Å². The van der Waals surface area contributed by atoms with Gasteiger partial charge in [-0.15, -0.1) is 0 Å². The van der Waals surface area contributed by atoms with Crippen LogP contribution < -0.4 is 5.50 Å². The number of hydrogen-bond donors (Lipinski definition) is 1. The van der Waals surface area contributed by atoms with E-state index in [0.717, 1.165) is 0 Å². The Labute approximate surface area is 65.1 Å². The van der Waals surface area contributed by atoms with Crippen LogP contribution in [0.3, 0.4) is 0 Å². The van der Waals surface area contributed by atoms with Gasteiger partial charge in [-0.05, 0) is 0 Å². The molecule has 0 fully saturated rings. The molecule has 0 atom stereocenters.